The van der Waals surface area contributed by atoms with Crippen LogP contribution in [0.5, 0.6) is 5.75 Å². The maximum absolute atomic E-state index is 13.1. The van der Waals surface area contributed by atoms with Crippen LogP contribution in [0.1, 0.15) is 44.0 Å². The summed E-state index contributed by atoms with van der Waals surface area (Å²) in [7, 11) is 1.63. The number of aromatic nitrogens is 2. The standard InChI is InChI=1S/C27H34N4O3/c1-20-8-5-6-17-30(20)27(33)19-31-24-10-4-3-9-23(24)29-25(31)11-7-16-28-26(32)18-21-12-14-22(34-2)15-13-21/h3-4,9-10,12-15,20H,5-8,11,16-19H2,1-2H3,(H,28,32). The molecule has 2 amide bonds. The van der Waals surface area contributed by atoms with Gasteiger partial charge in [-0.2, -0.15) is 0 Å². The molecule has 4 rings (SSSR count). The summed E-state index contributed by atoms with van der Waals surface area (Å²) in [6, 6.07) is 15.8. The molecule has 1 unspecified atom stereocenters. The molecule has 1 saturated heterocycles. The second-order valence-electron chi connectivity index (χ2n) is 9.01. The Bertz CT molecular complexity index is 1120. The number of fused-ring (bicyclic) bond motifs is 1. The van der Waals surface area contributed by atoms with Gasteiger partial charge in [-0.05, 0) is 62.4 Å². The maximum Gasteiger partial charge on any atom is 0.242 e. The number of nitrogens with zero attached hydrogens (tertiary/aromatic N) is 3. The lowest BCUT2D eigenvalue weighted by Gasteiger charge is -2.33. The zero-order valence-electron chi connectivity index (χ0n) is 20.1. The molecule has 1 aliphatic heterocycles. The Balaban J connectivity index is 1.35. The molecule has 180 valence electrons. The predicted octanol–water partition coefficient (Wildman–Crippen LogP) is 3.74. The van der Waals surface area contributed by atoms with Gasteiger partial charge in [0.15, 0.2) is 0 Å². The summed E-state index contributed by atoms with van der Waals surface area (Å²) in [6.45, 7) is 3.85. The lowest BCUT2D eigenvalue weighted by atomic mass is 10.0. The van der Waals surface area contributed by atoms with Crippen molar-refractivity contribution in [3.8, 4) is 5.75 Å². The highest BCUT2D eigenvalue weighted by Gasteiger charge is 2.24. The largest absolute Gasteiger partial charge is 0.497 e. The minimum atomic E-state index is -0.00654. The lowest BCUT2D eigenvalue weighted by Crippen LogP contribution is -2.43. The minimum absolute atomic E-state index is 0.00654. The number of hydrogen-bond donors (Lipinski definition) is 1. The van der Waals surface area contributed by atoms with Gasteiger partial charge in [0.1, 0.15) is 18.1 Å². The Morgan fingerprint density at radius 2 is 1.91 bits per heavy atom. The molecule has 1 N–H and O–H groups in total. The van der Waals surface area contributed by atoms with Crippen molar-refractivity contribution in [1.29, 1.82) is 0 Å². The number of carbonyl (C=O) groups is 2. The molecule has 0 aliphatic carbocycles. The van der Waals surface area contributed by atoms with Gasteiger partial charge in [0.2, 0.25) is 11.8 Å². The van der Waals surface area contributed by atoms with E-state index in [1.165, 1.54) is 6.42 Å². The first-order chi connectivity index (χ1) is 16.5. The molecule has 0 saturated carbocycles. The number of ether oxygens (including phenoxy) is 1. The normalized spacial score (nSPS) is 15.9. The fourth-order valence-electron chi connectivity index (χ4n) is 4.65. The first-order valence-electron chi connectivity index (χ1n) is 12.2. The van der Waals surface area contributed by atoms with Gasteiger partial charge in [-0.15, -0.1) is 0 Å². The van der Waals surface area contributed by atoms with Crippen LogP contribution in [0.25, 0.3) is 11.0 Å². The second kappa shape index (κ2) is 11.2. The number of hydrogen-bond acceptors (Lipinski definition) is 4. The van der Waals surface area contributed by atoms with E-state index in [0.717, 1.165) is 54.0 Å². The van der Waals surface area contributed by atoms with Crippen molar-refractivity contribution in [3.05, 3.63) is 59.9 Å². The summed E-state index contributed by atoms with van der Waals surface area (Å²) in [4.78, 5) is 32.3. The van der Waals surface area contributed by atoms with E-state index in [1.54, 1.807) is 7.11 Å². The van der Waals surface area contributed by atoms with Gasteiger partial charge in [-0.25, -0.2) is 4.98 Å². The van der Waals surface area contributed by atoms with Gasteiger partial charge in [-0.3, -0.25) is 9.59 Å². The molecule has 0 radical (unpaired) electrons. The molecule has 7 heteroatoms. The average molecular weight is 463 g/mol. The van der Waals surface area contributed by atoms with E-state index in [9.17, 15) is 9.59 Å². The molecule has 1 fully saturated rings. The first kappa shape index (κ1) is 23.8. The highest BCUT2D eigenvalue weighted by atomic mass is 16.5. The predicted molar refractivity (Wildman–Crippen MR) is 133 cm³/mol. The monoisotopic (exact) mass is 462 g/mol. The molecule has 3 aromatic rings. The third kappa shape index (κ3) is 5.76. The van der Waals surface area contributed by atoms with Crippen molar-refractivity contribution in [2.45, 2.75) is 58.0 Å². The third-order valence-corrected chi connectivity index (χ3v) is 6.57. The number of nitrogens with one attached hydrogen (secondary N) is 1. The number of para-hydroxylation sites is 2. The number of aryl methyl sites for hydroxylation is 1. The molecular weight excluding hydrogens is 428 g/mol. The number of piperidine rings is 1. The van der Waals surface area contributed by atoms with Crippen molar-refractivity contribution < 1.29 is 14.3 Å². The van der Waals surface area contributed by atoms with Crippen LogP contribution in [0, 0.1) is 0 Å². The van der Waals surface area contributed by atoms with Crippen molar-refractivity contribution in [2.24, 2.45) is 0 Å². The summed E-state index contributed by atoms with van der Waals surface area (Å²) in [5, 5.41) is 3.00. The molecule has 1 aliphatic rings. The summed E-state index contributed by atoms with van der Waals surface area (Å²) in [6.07, 6.45) is 5.12. The van der Waals surface area contributed by atoms with Gasteiger partial charge in [-0.1, -0.05) is 24.3 Å². The number of imidazole rings is 1. The van der Waals surface area contributed by atoms with Gasteiger partial charge in [0, 0.05) is 25.6 Å². The van der Waals surface area contributed by atoms with Crippen molar-refractivity contribution in [2.75, 3.05) is 20.2 Å². The maximum atomic E-state index is 13.1. The van der Waals surface area contributed by atoms with E-state index in [4.69, 9.17) is 9.72 Å². The first-order valence-corrected chi connectivity index (χ1v) is 12.2. The van der Waals surface area contributed by atoms with Crippen LogP contribution < -0.4 is 10.1 Å². The fraction of sp³-hybridized carbons (Fsp3) is 0.444. The van der Waals surface area contributed by atoms with Crippen LogP contribution in [0.2, 0.25) is 0 Å². The zero-order chi connectivity index (χ0) is 23.9. The number of amides is 2. The molecule has 2 heterocycles. The SMILES string of the molecule is COc1ccc(CC(=O)NCCCc2nc3ccccc3n2CC(=O)N2CCCCC2C)cc1. The van der Waals surface area contributed by atoms with E-state index in [0.29, 0.717) is 32.0 Å². The number of methoxy groups -OCH3 is 1. The van der Waals surface area contributed by atoms with Gasteiger partial charge >= 0.3 is 0 Å². The van der Waals surface area contributed by atoms with Crippen LogP contribution in [0.15, 0.2) is 48.5 Å². The van der Waals surface area contributed by atoms with Crippen LogP contribution in [0.4, 0.5) is 0 Å². The summed E-state index contributed by atoms with van der Waals surface area (Å²) in [5.41, 5.74) is 2.84. The third-order valence-electron chi connectivity index (χ3n) is 6.57. The quantitative estimate of drug-likeness (QED) is 0.492. The molecule has 2 aromatic carbocycles. The smallest absolute Gasteiger partial charge is 0.242 e. The summed E-state index contributed by atoms with van der Waals surface area (Å²) < 4.78 is 7.21. The Kier molecular flexibility index (Phi) is 7.83. The number of likely N-dealkylation sites (tertiary alicyclic amines) is 1. The molecule has 1 aromatic heterocycles. The van der Waals surface area contributed by atoms with E-state index in [1.807, 2.05) is 53.4 Å². The van der Waals surface area contributed by atoms with Crippen LogP contribution >= 0.6 is 0 Å². The highest BCUT2D eigenvalue weighted by molar-refractivity contribution is 5.81. The van der Waals surface area contributed by atoms with Crippen LogP contribution in [-0.4, -0.2) is 52.5 Å². The second-order valence-corrected chi connectivity index (χ2v) is 9.01. The Labute approximate surface area is 201 Å². The van der Waals surface area contributed by atoms with E-state index >= 15 is 0 Å². The molecule has 34 heavy (non-hydrogen) atoms. The lowest BCUT2D eigenvalue weighted by molar-refractivity contribution is -0.135. The van der Waals surface area contributed by atoms with Crippen molar-refractivity contribution in [1.82, 2.24) is 19.8 Å². The fourth-order valence-corrected chi connectivity index (χ4v) is 4.65. The average Bonchev–Trinajstić information content (AvgIpc) is 3.19. The molecule has 0 spiro atoms. The molecule has 7 nitrogen and oxygen atoms in total. The topological polar surface area (TPSA) is 76.5 Å². The van der Waals surface area contributed by atoms with E-state index in [-0.39, 0.29) is 11.8 Å². The van der Waals surface area contributed by atoms with Crippen molar-refractivity contribution >= 4 is 22.8 Å². The Morgan fingerprint density at radius 3 is 2.68 bits per heavy atom. The number of rotatable bonds is 9. The minimum Gasteiger partial charge on any atom is -0.497 e. The molecule has 1 atom stereocenters. The molecular formula is C27H34N4O3. The highest BCUT2D eigenvalue weighted by Crippen LogP contribution is 2.20. The van der Waals surface area contributed by atoms with E-state index < -0.39 is 0 Å². The summed E-state index contributed by atoms with van der Waals surface area (Å²) in [5.74, 6) is 1.82. The van der Waals surface area contributed by atoms with Crippen LogP contribution in [-0.2, 0) is 29.0 Å². The molecule has 0 bridgehead atoms. The van der Waals surface area contributed by atoms with E-state index in [2.05, 4.69) is 16.8 Å². The zero-order valence-corrected chi connectivity index (χ0v) is 20.1. The van der Waals surface area contributed by atoms with Crippen molar-refractivity contribution in [3.63, 3.8) is 0 Å². The number of benzene rings is 2. The van der Waals surface area contributed by atoms with Gasteiger partial charge < -0.3 is 19.5 Å². The number of carbonyl (C=O) groups excluding carboxylic acids is 2. The van der Waals surface area contributed by atoms with Gasteiger partial charge in [0.25, 0.3) is 0 Å². The Morgan fingerprint density at radius 1 is 1.12 bits per heavy atom. The van der Waals surface area contributed by atoms with Crippen LogP contribution in [0.3, 0.4) is 0 Å². The summed E-state index contributed by atoms with van der Waals surface area (Å²) >= 11 is 0. The Hall–Kier alpha value is -3.35. The van der Waals surface area contributed by atoms with Gasteiger partial charge in [0.05, 0.1) is 24.6 Å².